The molecule has 100 valence electrons. The Morgan fingerprint density at radius 1 is 1.33 bits per heavy atom. The fraction of sp³-hybridized carbons (Fsp3) is 0.500. The van der Waals surface area contributed by atoms with Crippen LogP contribution >= 0.6 is 0 Å². The van der Waals surface area contributed by atoms with Crippen molar-refractivity contribution in [1.29, 1.82) is 0 Å². The number of hydrogen-bond donors (Lipinski definition) is 2. The minimum Gasteiger partial charge on any atom is -0.491 e. The first-order valence-corrected chi connectivity index (χ1v) is 6.28. The van der Waals surface area contributed by atoms with Gasteiger partial charge in [0, 0.05) is 13.1 Å². The topological polar surface area (TPSA) is 50.4 Å². The van der Waals surface area contributed by atoms with E-state index in [1.807, 2.05) is 45.2 Å². The lowest BCUT2D eigenvalue weighted by molar-refractivity contribution is -0.120. The maximum absolute atomic E-state index is 11.6. The molecule has 0 heterocycles. The van der Waals surface area contributed by atoms with Gasteiger partial charge in [0.05, 0.1) is 12.5 Å². The molecule has 0 bridgehead atoms. The van der Waals surface area contributed by atoms with E-state index in [0.717, 1.165) is 17.9 Å². The molecule has 1 rings (SSSR count). The van der Waals surface area contributed by atoms with Gasteiger partial charge in [0.1, 0.15) is 5.75 Å². The third-order valence-corrected chi connectivity index (χ3v) is 2.33. The normalized spacial score (nSPS) is 10.4. The van der Waals surface area contributed by atoms with Crippen LogP contribution in [0.1, 0.15) is 19.4 Å². The SMILES string of the molecule is CNCCNC(=O)Cc1cccc(OC(C)C)c1. The Kier molecular flexibility index (Phi) is 6.22. The van der Waals surface area contributed by atoms with Crippen molar-refractivity contribution >= 4 is 5.91 Å². The molecule has 0 aliphatic heterocycles. The van der Waals surface area contributed by atoms with E-state index in [-0.39, 0.29) is 12.0 Å². The molecule has 0 aliphatic carbocycles. The van der Waals surface area contributed by atoms with Crippen molar-refractivity contribution in [3.05, 3.63) is 29.8 Å². The lowest BCUT2D eigenvalue weighted by atomic mass is 10.1. The number of amides is 1. The summed E-state index contributed by atoms with van der Waals surface area (Å²) in [4.78, 5) is 11.6. The van der Waals surface area contributed by atoms with Gasteiger partial charge in [-0.3, -0.25) is 4.79 Å². The van der Waals surface area contributed by atoms with Crippen LogP contribution in [0.25, 0.3) is 0 Å². The van der Waals surface area contributed by atoms with Crippen LogP contribution in [0.15, 0.2) is 24.3 Å². The monoisotopic (exact) mass is 250 g/mol. The lowest BCUT2D eigenvalue weighted by Crippen LogP contribution is -2.31. The number of likely N-dealkylation sites (N-methyl/N-ethyl adjacent to an activating group) is 1. The first-order chi connectivity index (χ1) is 8.61. The van der Waals surface area contributed by atoms with Crippen molar-refractivity contribution in [2.45, 2.75) is 26.4 Å². The van der Waals surface area contributed by atoms with Crippen molar-refractivity contribution in [3.63, 3.8) is 0 Å². The van der Waals surface area contributed by atoms with E-state index in [4.69, 9.17) is 4.74 Å². The predicted molar refractivity (Wildman–Crippen MR) is 72.8 cm³/mol. The molecule has 1 amide bonds. The highest BCUT2D eigenvalue weighted by molar-refractivity contribution is 5.78. The quantitative estimate of drug-likeness (QED) is 0.718. The van der Waals surface area contributed by atoms with Gasteiger partial charge in [-0.2, -0.15) is 0 Å². The molecule has 0 radical (unpaired) electrons. The molecule has 1 aromatic carbocycles. The molecule has 0 saturated heterocycles. The maximum atomic E-state index is 11.6. The van der Waals surface area contributed by atoms with Crippen LogP contribution in [0.5, 0.6) is 5.75 Å². The smallest absolute Gasteiger partial charge is 0.224 e. The van der Waals surface area contributed by atoms with Gasteiger partial charge in [-0.1, -0.05) is 12.1 Å². The number of hydrogen-bond acceptors (Lipinski definition) is 3. The summed E-state index contributed by atoms with van der Waals surface area (Å²) in [6.07, 6.45) is 0.531. The Morgan fingerprint density at radius 3 is 2.78 bits per heavy atom. The maximum Gasteiger partial charge on any atom is 0.224 e. The van der Waals surface area contributed by atoms with E-state index in [1.54, 1.807) is 0 Å². The van der Waals surface area contributed by atoms with Crippen molar-refractivity contribution in [2.24, 2.45) is 0 Å². The first-order valence-electron chi connectivity index (χ1n) is 6.28. The second kappa shape index (κ2) is 7.71. The molecule has 0 saturated carbocycles. The van der Waals surface area contributed by atoms with Crippen LogP contribution in [0.2, 0.25) is 0 Å². The Labute approximate surface area is 109 Å². The van der Waals surface area contributed by atoms with Crippen molar-refractivity contribution in [3.8, 4) is 5.75 Å². The Balaban J connectivity index is 2.48. The number of carbonyl (C=O) groups excluding carboxylic acids is 1. The van der Waals surface area contributed by atoms with Gasteiger partial charge in [-0.05, 0) is 38.6 Å². The van der Waals surface area contributed by atoms with E-state index in [1.165, 1.54) is 0 Å². The van der Waals surface area contributed by atoms with Gasteiger partial charge >= 0.3 is 0 Å². The largest absolute Gasteiger partial charge is 0.491 e. The van der Waals surface area contributed by atoms with Gasteiger partial charge in [-0.25, -0.2) is 0 Å². The standard InChI is InChI=1S/C14H22N2O2/c1-11(2)18-13-6-4-5-12(9-13)10-14(17)16-8-7-15-3/h4-6,9,11,15H,7-8,10H2,1-3H3,(H,16,17). The zero-order chi connectivity index (χ0) is 13.4. The van der Waals surface area contributed by atoms with E-state index in [2.05, 4.69) is 10.6 Å². The highest BCUT2D eigenvalue weighted by atomic mass is 16.5. The molecule has 0 aromatic heterocycles. The summed E-state index contributed by atoms with van der Waals surface area (Å²) in [7, 11) is 1.86. The summed E-state index contributed by atoms with van der Waals surface area (Å²) < 4.78 is 5.59. The molecule has 0 spiro atoms. The summed E-state index contributed by atoms with van der Waals surface area (Å²) >= 11 is 0. The van der Waals surface area contributed by atoms with Gasteiger partial charge in [-0.15, -0.1) is 0 Å². The Morgan fingerprint density at radius 2 is 2.11 bits per heavy atom. The Bertz CT molecular complexity index is 378. The molecular formula is C14H22N2O2. The van der Waals surface area contributed by atoms with Crippen molar-refractivity contribution < 1.29 is 9.53 Å². The summed E-state index contributed by atoms with van der Waals surface area (Å²) in [6.45, 7) is 5.40. The highest BCUT2D eigenvalue weighted by Crippen LogP contribution is 2.15. The number of ether oxygens (including phenoxy) is 1. The van der Waals surface area contributed by atoms with E-state index < -0.39 is 0 Å². The van der Waals surface area contributed by atoms with Gasteiger partial charge in [0.15, 0.2) is 0 Å². The van der Waals surface area contributed by atoms with E-state index >= 15 is 0 Å². The fourth-order valence-corrected chi connectivity index (χ4v) is 1.58. The van der Waals surface area contributed by atoms with Gasteiger partial charge in [0.2, 0.25) is 5.91 Å². The Hall–Kier alpha value is -1.55. The summed E-state index contributed by atoms with van der Waals surface area (Å²) in [5, 5.41) is 5.83. The van der Waals surface area contributed by atoms with Gasteiger partial charge in [0.25, 0.3) is 0 Å². The number of rotatable bonds is 7. The lowest BCUT2D eigenvalue weighted by Gasteiger charge is -2.11. The van der Waals surface area contributed by atoms with Gasteiger partial charge < -0.3 is 15.4 Å². The average molecular weight is 250 g/mol. The van der Waals surface area contributed by atoms with Crippen LogP contribution < -0.4 is 15.4 Å². The number of nitrogens with one attached hydrogen (secondary N) is 2. The van der Waals surface area contributed by atoms with Crippen molar-refractivity contribution in [2.75, 3.05) is 20.1 Å². The molecule has 0 unspecified atom stereocenters. The van der Waals surface area contributed by atoms with Crippen LogP contribution in [0.3, 0.4) is 0 Å². The molecule has 18 heavy (non-hydrogen) atoms. The predicted octanol–water partition coefficient (Wildman–Crippen LogP) is 1.35. The molecule has 2 N–H and O–H groups in total. The minimum atomic E-state index is 0.0342. The average Bonchev–Trinajstić information content (AvgIpc) is 2.28. The van der Waals surface area contributed by atoms with Crippen LogP contribution in [0, 0.1) is 0 Å². The van der Waals surface area contributed by atoms with Crippen LogP contribution in [0.4, 0.5) is 0 Å². The molecule has 0 atom stereocenters. The molecular weight excluding hydrogens is 228 g/mol. The summed E-state index contributed by atoms with van der Waals surface area (Å²) in [5.74, 6) is 0.845. The second-order valence-electron chi connectivity index (χ2n) is 4.44. The number of benzene rings is 1. The van der Waals surface area contributed by atoms with Crippen LogP contribution in [-0.4, -0.2) is 32.1 Å². The molecule has 1 aromatic rings. The summed E-state index contributed by atoms with van der Waals surface area (Å²) in [5.41, 5.74) is 0.968. The minimum absolute atomic E-state index is 0.0342. The zero-order valence-electron chi connectivity index (χ0n) is 11.3. The van der Waals surface area contributed by atoms with Crippen LogP contribution in [-0.2, 0) is 11.2 Å². The van der Waals surface area contributed by atoms with Crippen molar-refractivity contribution in [1.82, 2.24) is 10.6 Å². The van der Waals surface area contributed by atoms with E-state index in [0.29, 0.717) is 13.0 Å². The molecule has 0 aliphatic rings. The molecule has 4 nitrogen and oxygen atoms in total. The fourth-order valence-electron chi connectivity index (χ4n) is 1.58. The molecule has 4 heteroatoms. The summed E-state index contributed by atoms with van der Waals surface area (Å²) in [6, 6.07) is 7.67. The highest BCUT2D eigenvalue weighted by Gasteiger charge is 2.04. The third-order valence-electron chi connectivity index (χ3n) is 2.33. The number of carbonyl (C=O) groups is 1. The zero-order valence-corrected chi connectivity index (χ0v) is 11.3. The second-order valence-corrected chi connectivity index (χ2v) is 4.44. The third kappa shape index (κ3) is 5.68. The van der Waals surface area contributed by atoms with E-state index in [9.17, 15) is 4.79 Å². The first kappa shape index (κ1) is 14.5. The molecule has 0 fully saturated rings.